The first kappa shape index (κ1) is 30.9. The maximum absolute atomic E-state index is 12.2. The first-order chi connectivity index (χ1) is 15.0. The summed E-state index contributed by atoms with van der Waals surface area (Å²) in [6.45, 7) is 15.9. The molecule has 0 aromatic rings. The van der Waals surface area contributed by atoms with Crippen LogP contribution in [-0.2, 0) is 29.1 Å². The van der Waals surface area contributed by atoms with Crippen LogP contribution in [0.25, 0.3) is 0 Å². The second-order valence-corrected chi connectivity index (χ2v) is 10.2. The predicted octanol–water partition coefficient (Wildman–Crippen LogP) is 7.49. The van der Waals surface area contributed by atoms with E-state index < -0.39 is 11.2 Å². The molecule has 0 spiro atoms. The van der Waals surface area contributed by atoms with Crippen LogP contribution in [0.3, 0.4) is 0 Å². The van der Waals surface area contributed by atoms with Gasteiger partial charge in [0.05, 0.1) is 11.8 Å². The molecule has 0 aliphatic carbocycles. The van der Waals surface area contributed by atoms with E-state index in [0.29, 0.717) is 0 Å². The zero-order chi connectivity index (χ0) is 24.6. The molecule has 0 rings (SSSR count). The predicted molar refractivity (Wildman–Crippen MR) is 128 cm³/mol. The minimum absolute atomic E-state index is 0.0966. The number of hydrogen-bond donors (Lipinski definition) is 0. The lowest BCUT2D eigenvalue weighted by atomic mass is 9.96. The molecule has 0 aromatic carbocycles. The third kappa shape index (κ3) is 14.1. The summed E-state index contributed by atoms with van der Waals surface area (Å²) in [7, 11) is 0. The molecule has 2 atom stereocenters. The Hall–Kier alpha value is -1.14. The molecule has 6 heteroatoms. The van der Waals surface area contributed by atoms with E-state index in [4.69, 9.17) is 19.6 Å². The summed E-state index contributed by atoms with van der Waals surface area (Å²) in [6.07, 6.45) is 10.6. The van der Waals surface area contributed by atoms with E-state index in [2.05, 4.69) is 13.8 Å². The van der Waals surface area contributed by atoms with Gasteiger partial charge in [-0.1, -0.05) is 66.2 Å². The molecule has 0 fully saturated rings. The van der Waals surface area contributed by atoms with Crippen LogP contribution < -0.4 is 0 Å². The summed E-state index contributed by atoms with van der Waals surface area (Å²) in [5.41, 5.74) is -1.10. The van der Waals surface area contributed by atoms with Gasteiger partial charge in [0.15, 0.2) is 0 Å². The highest BCUT2D eigenvalue weighted by molar-refractivity contribution is 5.72. The minimum atomic E-state index is -0.552. The number of hydrogen-bond acceptors (Lipinski definition) is 6. The second kappa shape index (κ2) is 16.5. The van der Waals surface area contributed by atoms with Crippen LogP contribution in [0.2, 0.25) is 0 Å². The maximum Gasteiger partial charge on any atom is 0.345 e. The molecule has 2 unspecified atom stereocenters. The van der Waals surface area contributed by atoms with Crippen molar-refractivity contribution in [2.75, 3.05) is 0 Å². The van der Waals surface area contributed by atoms with Gasteiger partial charge in [-0.15, -0.1) is 0 Å². The standard InChI is InChI=1S/C26H50O6/c1-9-13-17-21(11-3)23(27)29-31-25(5,6)19-15-16-20-26(7,8)32-30-24(28)22(12-4)18-14-10-2/h21-22H,9-20H2,1-8H3. The Morgan fingerprint density at radius 3 is 1.25 bits per heavy atom. The van der Waals surface area contributed by atoms with E-state index in [1.54, 1.807) is 0 Å². The number of unbranched alkanes of at least 4 members (excludes halogenated alkanes) is 3. The van der Waals surface area contributed by atoms with Gasteiger partial charge in [-0.3, -0.25) is 9.78 Å². The molecule has 0 aliphatic heterocycles. The Morgan fingerprint density at radius 1 is 0.625 bits per heavy atom. The molecule has 0 bridgehead atoms. The fourth-order valence-electron chi connectivity index (χ4n) is 3.51. The van der Waals surface area contributed by atoms with E-state index in [9.17, 15) is 9.59 Å². The van der Waals surface area contributed by atoms with E-state index >= 15 is 0 Å². The monoisotopic (exact) mass is 458 g/mol. The topological polar surface area (TPSA) is 71.1 Å². The lowest BCUT2D eigenvalue weighted by molar-refractivity contribution is -0.331. The Bertz CT molecular complexity index is 468. The summed E-state index contributed by atoms with van der Waals surface area (Å²) in [6, 6.07) is 0. The van der Waals surface area contributed by atoms with Crippen molar-refractivity contribution in [1.82, 2.24) is 0 Å². The summed E-state index contributed by atoms with van der Waals surface area (Å²) in [5, 5.41) is 0. The summed E-state index contributed by atoms with van der Waals surface area (Å²) in [4.78, 5) is 45.8. The maximum atomic E-state index is 12.2. The van der Waals surface area contributed by atoms with Crippen molar-refractivity contribution in [3.63, 3.8) is 0 Å². The Morgan fingerprint density at radius 2 is 0.969 bits per heavy atom. The van der Waals surface area contributed by atoms with Crippen LogP contribution >= 0.6 is 0 Å². The molecule has 0 saturated carbocycles. The first-order valence-corrected chi connectivity index (χ1v) is 12.8. The molecule has 0 aliphatic rings. The zero-order valence-corrected chi connectivity index (χ0v) is 22.1. The van der Waals surface area contributed by atoms with Crippen molar-refractivity contribution in [3.8, 4) is 0 Å². The lowest BCUT2D eigenvalue weighted by Gasteiger charge is -2.26. The van der Waals surface area contributed by atoms with Gasteiger partial charge in [-0.25, -0.2) is 9.59 Å². The zero-order valence-electron chi connectivity index (χ0n) is 22.1. The molecule has 0 radical (unpaired) electrons. The Balaban J connectivity index is 4.27. The van der Waals surface area contributed by atoms with Gasteiger partial charge < -0.3 is 0 Å². The molecule has 190 valence electrons. The highest BCUT2D eigenvalue weighted by Gasteiger charge is 2.27. The van der Waals surface area contributed by atoms with Crippen molar-refractivity contribution in [2.45, 2.75) is 144 Å². The Kier molecular flexibility index (Phi) is 15.9. The van der Waals surface area contributed by atoms with E-state index in [1.165, 1.54) is 0 Å². The van der Waals surface area contributed by atoms with Gasteiger partial charge in [0.1, 0.15) is 11.2 Å². The normalized spacial score (nSPS) is 14.1. The number of rotatable bonds is 19. The van der Waals surface area contributed by atoms with Gasteiger partial charge in [0, 0.05) is 0 Å². The first-order valence-electron chi connectivity index (χ1n) is 12.8. The van der Waals surface area contributed by atoms with E-state index in [-0.39, 0.29) is 23.8 Å². The second-order valence-electron chi connectivity index (χ2n) is 10.2. The summed E-state index contributed by atoms with van der Waals surface area (Å²) < 4.78 is 0. The van der Waals surface area contributed by atoms with Gasteiger partial charge in [-0.05, 0) is 66.2 Å². The van der Waals surface area contributed by atoms with Gasteiger partial charge >= 0.3 is 11.9 Å². The van der Waals surface area contributed by atoms with Crippen molar-refractivity contribution >= 4 is 11.9 Å². The van der Waals surface area contributed by atoms with E-state index in [0.717, 1.165) is 77.0 Å². The number of carbonyl (C=O) groups is 2. The summed E-state index contributed by atoms with van der Waals surface area (Å²) >= 11 is 0. The molecular formula is C26H50O6. The molecular weight excluding hydrogens is 408 g/mol. The molecule has 6 nitrogen and oxygen atoms in total. The largest absolute Gasteiger partial charge is 0.345 e. The molecule has 0 heterocycles. The van der Waals surface area contributed by atoms with Gasteiger partial charge in [-0.2, -0.15) is 9.78 Å². The summed E-state index contributed by atoms with van der Waals surface area (Å²) in [5.74, 6) is -0.731. The van der Waals surface area contributed by atoms with Crippen LogP contribution in [0.5, 0.6) is 0 Å². The quantitative estimate of drug-likeness (QED) is 0.113. The fourth-order valence-corrected chi connectivity index (χ4v) is 3.51. The highest BCUT2D eigenvalue weighted by Crippen LogP contribution is 2.25. The highest BCUT2D eigenvalue weighted by atomic mass is 17.2. The number of carbonyl (C=O) groups excluding carboxylic acids is 2. The van der Waals surface area contributed by atoms with Crippen LogP contribution in [0.15, 0.2) is 0 Å². The van der Waals surface area contributed by atoms with Gasteiger partial charge in [0.2, 0.25) is 0 Å². The average molecular weight is 459 g/mol. The van der Waals surface area contributed by atoms with E-state index in [1.807, 2.05) is 41.5 Å². The molecule has 0 N–H and O–H groups in total. The van der Waals surface area contributed by atoms with Crippen molar-refractivity contribution in [3.05, 3.63) is 0 Å². The SMILES string of the molecule is CCCCC(CC)C(=O)OOC(C)(C)CCCCC(C)(C)OOC(=O)C(CC)CCCC. The van der Waals surface area contributed by atoms with Crippen LogP contribution in [0.1, 0.15) is 132 Å². The Labute approximate surface area is 196 Å². The third-order valence-corrected chi connectivity index (χ3v) is 5.97. The van der Waals surface area contributed by atoms with Crippen molar-refractivity contribution in [1.29, 1.82) is 0 Å². The molecule has 0 amide bonds. The van der Waals surface area contributed by atoms with Crippen LogP contribution in [-0.4, -0.2) is 23.1 Å². The lowest BCUT2D eigenvalue weighted by Crippen LogP contribution is -2.30. The average Bonchev–Trinajstić information content (AvgIpc) is 2.75. The molecule has 0 saturated heterocycles. The van der Waals surface area contributed by atoms with Crippen molar-refractivity contribution < 1.29 is 29.1 Å². The van der Waals surface area contributed by atoms with Crippen LogP contribution in [0.4, 0.5) is 0 Å². The van der Waals surface area contributed by atoms with Crippen LogP contribution in [0, 0.1) is 11.8 Å². The molecule has 0 aromatic heterocycles. The third-order valence-electron chi connectivity index (χ3n) is 5.97. The van der Waals surface area contributed by atoms with Gasteiger partial charge in [0.25, 0.3) is 0 Å². The van der Waals surface area contributed by atoms with Crippen molar-refractivity contribution in [2.24, 2.45) is 11.8 Å². The fraction of sp³-hybridized carbons (Fsp3) is 0.923. The molecule has 32 heavy (non-hydrogen) atoms. The minimum Gasteiger partial charge on any atom is -0.298 e. The smallest absolute Gasteiger partial charge is 0.298 e.